The van der Waals surface area contributed by atoms with Gasteiger partial charge in [0.25, 0.3) is 0 Å². The molecule has 1 aromatic heterocycles. The van der Waals surface area contributed by atoms with Crippen LogP contribution in [-0.2, 0) is 6.54 Å². The Bertz CT molecular complexity index is 935. The molecule has 3 aromatic rings. The van der Waals surface area contributed by atoms with Crippen molar-refractivity contribution in [3.8, 4) is 11.9 Å². The molecule has 4 rings (SSSR count). The van der Waals surface area contributed by atoms with E-state index in [2.05, 4.69) is 15.9 Å². The van der Waals surface area contributed by atoms with Crippen LogP contribution in [0.2, 0.25) is 0 Å². The Balaban J connectivity index is 1.88. The summed E-state index contributed by atoms with van der Waals surface area (Å²) in [5.74, 6) is 0.164. The molecule has 2 N–H and O–H groups in total. The van der Waals surface area contributed by atoms with Gasteiger partial charge in [-0.25, -0.2) is 0 Å². The Labute approximate surface area is 161 Å². The van der Waals surface area contributed by atoms with Gasteiger partial charge in [-0.05, 0) is 31.0 Å². The molecule has 0 bridgehead atoms. The number of aromatic hydroxyl groups is 2. The van der Waals surface area contributed by atoms with Crippen LogP contribution in [0, 0.1) is 0 Å². The number of hydrogen-bond donors (Lipinski definition) is 2. The lowest BCUT2D eigenvalue weighted by Gasteiger charge is -2.17. The van der Waals surface area contributed by atoms with E-state index < -0.39 is 0 Å². The highest BCUT2D eigenvalue weighted by Gasteiger charge is 2.39. The molecule has 1 aliphatic rings. The molecular weight excluding hydrogens is 392 g/mol. The van der Waals surface area contributed by atoms with Crippen LogP contribution < -0.4 is 9.13 Å². The number of rotatable bonds is 3. The lowest BCUT2D eigenvalue weighted by molar-refractivity contribution is -0.832. The molecule has 4 nitrogen and oxygen atoms in total. The summed E-state index contributed by atoms with van der Waals surface area (Å²) in [4.78, 5) is 0. The summed E-state index contributed by atoms with van der Waals surface area (Å²) in [6.45, 7) is 0.548. The fraction of sp³-hybridized carbons (Fsp3) is 0.333. The number of halogens is 1. The molecule has 0 atom stereocenters. The van der Waals surface area contributed by atoms with E-state index in [4.69, 9.17) is 0 Å². The predicted octanol–water partition coefficient (Wildman–Crippen LogP) is 4.14. The molecule has 134 valence electrons. The number of nitrogens with zero attached hydrogens (tertiary/aromatic N) is 2. The van der Waals surface area contributed by atoms with Gasteiger partial charge in [-0.3, -0.25) is 0 Å². The highest BCUT2D eigenvalue weighted by atomic mass is 79.9. The second kappa shape index (κ2) is 7.23. The minimum absolute atomic E-state index is 0.121. The van der Waals surface area contributed by atoms with Crippen LogP contribution in [0.4, 0.5) is 0 Å². The molecule has 2 aromatic carbocycles. The summed E-state index contributed by atoms with van der Waals surface area (Å²) in [5.41, 5.74) is 1.93. The molecule has 0 saturated heterocycles. The van der Waals surface area contributed by atoms with Crippen LogP contribution in [0.25, 0.3) is 10.9 Å². The molecule has 1 aliphatic carbocycles. The van der Waals surface area contributed by atoms with Crippen LogP contribution in [0.15, 0.2) is 53.0 Å². The minimum Gasteiger partial charge on any atom is -0.459 e. The topological polar surface area (TPSA) is 48.2 Å². The normalized spacial score (nSPS) is 15.4. The maximum atomic E-state index is 11.1. The zero-order chi connectivity index (χ0) is 18.1. The molecule has 5 heteroatoms. The summed E-state index contributed by atoms with van der Waals surface area (Å²) >= 11 is 3.46. The maximum Gasteiger partial charge on any atom is 0.632 e. The van der Waals surface area contributed by atoms with Crippen LogP contribution in [0.1, 0.15) is 43.7 Å². The molecule has 1 saturated carbocycles. The molecule has 0 unspecified atom stereocenters. The zero-order valence-electron chi connectivity index (χ0n) is 14.6. The number of hydrogen-bond acceptors (Lipinski definition) is 2. The molecule has 0 aliphatic heterocycles. The Morgan fingerprint density at radius 1 is 0.923 bits per heavy atom. The monoisotopic (exact) mass is 414 g/mol. The summed E-state index contributed by atoms with van der Waals surface area (Å²) in [6, 6.07) is 16.1. The Morgan fingerprint density at radius 3 is 2.35 bits per heavy atom. The summed E-state index contributed by atoms with van der Waals surface area (Å²) in [5, 5.41) is 22.8. The van der Waals surface area contributed by atoms with E-state index in [1.165, 1.54) is 6.42 Å². The molecule has 0 amide bonds. The average Bonchev–Trinajstić information content (AvgIpc) is 2.68. The van der Waals surface area contributed by atoms with Crippen molar-refractivity contribution < 1.29 is 19.3 Å². The predicted molar refractivity (Wildman–Crippen MR) is 103 cm³/mol. The standard InChI is InChI=1S/C21H21BrN2O2/c22-16-12-10-15(11-13-16)14-23-19-9-5-4-8-18(19)20(25)24(21(23)26)17-6-2-1-3-7-17/h4-5,8-13,17H,1-3,6-7,14H2/p+2. The molecule has 1 heterocycles. The Morgan fingerprint density at radius 2 is 1.62 bits per heavy atom. The van der Waals surface area contributed by atoms with Gasteiger partial charge in [0.2, 0.25) is 5.52 Å². The highest BCUT2D eigenvalue weighted by molar-refractivity contribution is 9.10. The van der Waals surface area contributed by atoms with Crippen LogP contribution in [0.3, 0.4) is 0 Å². The SMILES string of the molecule is Oc1c2ccccc2[n+](Cc2ccc(Br)cc2)c(O)[n+]1C1CCCCC1. The lowest BCUT2D eigenvalue weighted by atomic mass is 9.95. The summed E-state index contributed by atoms with van der Waals surface area (Å²) in [6.07, 6.45) is 5.47. The third kappa shape index (κ3) is 3.16. The number of fused-ring (bicyclic) bond motifs is 1. The Kier molecular flexibility index (Phi) is 4.81. The summed E-state index contributed by atoms with van der Waals surface area (Å²) < 4.78 is 4.66. The molecule has 26 heavy (non-hydrogen) atoms. The zero-order valence-corrected chi connectivity index (χ0v) is 16.2. The van der Waals surface area contributed by atoms with Gasteiger partial charge in [0, 0.05) is 28.9 Å². The summed E-state index contributed by atoms with van der Waals surface area (Å²) in [7, 11) is 0. The van der Waals surface area contributed by atoms with Crippen molar-refractivity contribution in [3.05, 3.63) is 58.6 Å². The largest absolute Gasteiger partial charge is 0.632 e. The van der Waals surface area contributed by atoms with Crippen LogP contribution >= 0.6 is 15.9 Å². The fourth-order valence-corrected chi connectivity index (χ4v) is 4.23. The van der Waals surface area contributed by atoms with Crippen LogP contribution in [-0.4, -0.2) is 10.2 Å². The van der Waals surface area contributed by atoms with Gasteiger partial charge in [-0.2, -0.15) is 0 Å². The smallest absolute Gasteiger partial charge is 0.459 e. The van der Waals surface area contributed by atoms with E-state index in [9.17, 15) is 10.2 Å². The fourth-order valence-electron chi connectivity index (χ4n) is 3.96. The second-order valence-corrected chi connectivity index (χ2v) is 7.93. The molecule has 0 spiro atoms. The van der Waals surface area contributed by atoms with E-state index in [-0.39, 0.29) is 17.9 Å². The molecule has 0 radical (unpaired) electrons. The maximum absolute atomic E-state index is 11.1. The van der Waals surface area contributed by atoms with Crippen molar-refractivity contribution in [1.29, 1.82) is 0 Å². The van der Waals surface area contributed by atoms with Gasteiger partial charge in [-0.15, -0.1) is 0 Å². The van der Waals surface area contributed by atoms with Gasteiger partial charge in [0.15, 0.2) is 18.0 Å². The molecule has 1 fully saturated rings. The van der Waals surface area contributed by atoms with E-state index >= 15 is 0 Å². The van der Waals surface area contributed by atoms with Crippen molar-refractivity contribution in [1.82, 2.24) is 0 Å². The van der Waals surface area contributed by atoms with Crippen molar-refractivity contribution in [2.75, 3.05) is 0 Å². The number of para-hydroxylation sites is 1. The van der Waals surface area contributed by atoms with Gasteiger partial charge >= 0.3 is 11.9 Å². The van der Waals surface area contributed by atoms with Crippen molar-refractivity contribution >= 4 is 26.8 Å². The first kappa shape index (κ1) is 17.3. The van der Waals surface area contributed by atoms with Gasteiger partial charge in [0.05, 0.1) is 0 Å². The van der Waals surface area contributed by atoms with Gasteiger partial charge in [-0.1, -0.05) is 55.8 Å². The minimum atomic E-state index is 0.121. The van der Waals surface area contributed by atoms with E-state index in [1.54, 1.807) is 4.57 Å². The van der Waals surface area contributed by atoms with Crippen molar-refractivity contribution in [3.63, 3.8) is 0 Å². The van der Waals surface area contributed by atoms with Gasteiger partial charge in [0.1, 0.15) is 0 Å². The van der Waals surface area contributed by atoms with Crippen molar-refractivity contribution in [2.24, 2.45) is 0 Å². The Hall–Kier alpha value is -2.14. The quantitative estimate of drug-likeness (QED) is 0.632. The first-order valence-electron chi connectivity index (χ1n) is 9.17. The average molecular weight is 415 g/mol. The first-order valence-corrected chi connectivity index (χ1v) is 9.97. The second-order valence-electron chi connectivity index (χ2n) is 7.02. The molecular formula is C21H23BrN2O2+2. The first-order chi connectivity index (χ1) is 12.6. The number of benzene rings is 2. The van der Waals surface area contributed by atoms with Gasteiger partial charge < -0.3 is 10.2 Å². The van der Waals surface area contributed by atoms with E-state index in [0.717, 1.165) is 46.6 Å². The lowest BCUT2D eigenvalue weighted by Crippen LogP contribution is -2.51. The number of aromatic nitrogens is 2. The third-order valence-electron chi connectivity index (χ3n) is 5.31. The van der Waals surface area contributed by atoms with Crippen LogP contribution in [0.5, 0.6) is 11.9 Å². The van der Waals surface area contributed by atoms with E-state index in [1.807, 2.05) is 53.1 Å². The highest BCUT2D eigenvalue weighted by Crippen LogP contribution is 2.29. The van der Waals surface area contributed by atoms with E-state index in [0.29, 0.717) is 6.54 Å². The third-order valence-corrected chi connectivity index (χ3v) is 5.84. The van der Waals surface area contributed by atoms with Crippen molar-refractivity contribution in [2.45, 2.75) is 44.7 Å².